The number of nitrogens with zero attached hydrogens (tertiary/aromatic N) is 5. The van der Waals surface area contributed by atoms with Crippen LogP contribution in [0, 0.1) is 0 Å². The summed E-state index contributed by atoms with van der Waals surface area (Å²) in [5.74, 6) is 0.685. The van der Waals surface area contributed by atoms with Crippen LogP contribution < -0.4 is 5.32 Å². The maximum Gasteiger partial charge on any atom is 0.243 e. The highest BCUT2D eigenvalue weighted by Gasteiger charge is 2.26. The van der Waals surface area contributed by atoms with Crippen molar-refractivity contribution in [3.63, 3.8) is 0 Å². The number of nitrogens with one attached hydrogen (secondary N) is 1. The van der Waals surface area contributed by atoms with Crippen LogP contribution in [-0.4, -0.2) is 65.3 Å². The van der Waals surface area contributed by atoms with Gasteiger partial charge in [-0.05, 0) is 42.3 Å². The van der Waals surface area contributed by atoms with Crippen LogP contribution in [0.1, 0.15) is 5.56 Å². The number of rotatable bonds is 7. The molecule has 5 rings (SSSR count). The lowest BCUT2D eigenvalue weighted by atomic mass is 10.1. The molecule has 2 aromatic carbocycles. The molecule has 1 saturated heterocycles. The number of anilines is 1. The second kappa shape index (κ2) is 9.67. The summed E-state index contributed by atoms with van der Waals surface area (Å²) in [6.45, 7) is 2.24. The molecule has 0 amide bonds. The lowest BCUT2D eigenvalue weighted by molar-refractivity contribution is 0.0730. The van der Waals surface area contributed by atoms with Crippen LogP contribution >= 0.6 is 11.6 Å². The van der Waals surface area contributed by atoms with Crippen LogP contribution in [0.2, 0.25) is 5.02 Å². The van der Waals surface area contributed by atoms with Crippen molar-refractivity contribution in [3.05, 3.63) is 71.6 Å². The van der Waals surface area contributed by atoms with Crippen molar-refractivity contribution in [1.82, 2.24) is 24.1 Å². The van der Waals surface area contributed by atoms with E-state index in [2.05, 4.69) is 20.4 Å². The SMILES string of the molecule is O=S(=O)(c1ccc(CCNc2ncnc3c2cnn3-c2cccc(Cl)c2)cc1)N1CCOCC1. The van der Waals surface area contributed by atoms with E-state index in [0.717, 1.165) is 16.6 Å². The fourth-order valence-corrected chi connectivity index (χ4v) is 5.46. The summed E-state index contributed by atoms with van der Waals surface area (Å²) in [7, 11) is -3.49. The Hall–Kier alpha value is -3.05. The minimum atomic E-state index is -3.49. The van der Waals surface area contributed by atoms with Gasteiger partial charge in [0.2, 0.25) is 10.0 Å². The number of benzene rings is 2. The molecule has 11 heteroatoms. The lowest BCUT2D eigenvalue weighted by Gasteiger charge is -2.26. The Bertz CT molecular complexity index is 1400. The first-order chi connectivity index (χ1) is 16.5. The zero-order chi connectivity index (χ0) is 23.5. The Balaban J connectivity index is 1.26. The Morgan fingerprint density at radius 1 is 1.06 bits per heavy atom. The molecular weight excluding hydrogens is 476 g/mol. The first kappa shape index (κ1) is 22.7. The van der Waals surface area contributed by atoms with E-state index in [0.29, 0.717) is 60.7 Å². The minimum absolute atomic E-state index is 0.303. The van der Waals surface area contributed by atoms with E-state index in [1.54, 1.807) is 23.0 Å². The molecule has 0 saturated carbocycles. The zero-order valence-corrected chi connectivity index (χ0v) is 19.8. The van der Waals surface area contributed by atoms with Gasteiger partial charge >= 0.3 is 0 Å². The molecule has 34 heavy (non-hydrogen) atoms. The monoisotopic (exact) mass is 498 g/mol. The van der Waals surface area contributed by atoms with Crippen molar-refractivity contribution in [2.24, 2.45) is 0 Å². The van der Waals surface area contributed by atoms with E-state index in [-0.39, 0.29) is 0 Å². The van der Waals surface area contributed by atoms with Crippen LogP contribution in [-0.2, 0) is 21.2 Å². The predicted octanol–water partition coefficient (Wildman–Crippen LogP) is 3.14. The Morgan fingerprint density at radius 2 is 1.85 bits per heavy atom. The number of hydrogen-bond donors (Lipinski definition) is 1. The van der Waals surface area contributed by atoms with Gasteiger partial charge in [-0.25, -0.2) is 23.1 Å². The molecule has 0 radical (unpaired) electrons. The average molecular weight is 499 g/mol. The second-order valence-corrected chi connectivity index (χ2v) is 10.2. The van der Waals surface area contributed by atoms with Crippen molar-refractivity contribution in [3.8, 4) is 5.69 Å². The maximum atomic E-state index is 12.8. The first-order valence-electron chi connectivity index (χ1n) is 10.9. The number of aromatic nitrogens is 4. The van der Waals surface area contributed by atoms with Gasteiger partial charge < -0.3 is 10.1 Å². The number of morpholine rings is 1. The highest BCUT2D eigenvalue weighted by Crippen LogP contribution is 2.23. The first-order valence-corrected chi connectivity index (χ1v) is 12.7. The molecule has 1 aliphatic rings. The van der Waals surface area contributed by atoms with Gasteiger partial charge in [-0.15, -0.1) is 0 Å². The normalized spacial score (nSPS) is 15.0. The van der Waals surface area contributed by atoms with Gasteiger partial charge in [0.25, 0.3) is 0 Å². The highest BCUT2D eigenvalue weighted by atomic mass is 35.5. The van der Waals surface area contributed by atoms with Crippen LogP contribution in [0.5, 0.6) is 0 Å². The number of ether oxygens (including phenoxy) is 1. The number of fused-ring (bicyclic) bond motifs is 1. The van der Waals surface area contributed by atoms with E-state index >= 15 is 0 Å². The van der Waals surface area contributed by atoms with Crippen molar-refractivity contribution < 1.29 is 13.2 Å². The minimum Gasteiger partial charge on any atom is -0.379 e. The molecule has 0 atom stereocenters. The van der Waals surface area contributed by atoms with Gasteiger partial charge in [0.1, 0.15) is 12.1 Å². The summed E-state index contributed by atoms with van der Waals surface area (Å²) in [6.07, 6.45) is 3.92. The molecule has 1 aliphatic heterocycles. The topological polar surface area (TPSA) is 102 Å². The molecule has 0 bridgehead atoms. The standard InChI is InChI=1S/C23H23ClN6O3S/c24-18-2-1-3-19(14-18)30-23-21(15-28-30)22(26-16-27-23)25-9-8-17-4-6-20(7-5-17)34(31,32)29-10-12-33-13-11-29/h1-7,14-16H,8-13H2,(H,25,26,27). The van der Waals surface area contributed by atoms with Crippen molar-refractivity contribution in [1.29, 1.82) is 0 Å². The molecule has 1 N–H and O–H groups in total. The van der Waals surface area contributed by atoms with Gasteiger partial charge in [-0.3, -0.25) is 0 Å². The Labute approximate surface area is 202 Å². The molecular formula is C23H23ClN6O3S. The third-order valence-electron chi connectivity index (χ3n) is 5.66. The maximum absolute atomic E-state index is 12.8. The fraction of sp³-hybridized carbons (Fsp3) is 0.261. The quantitative estimate of drug-likeness (QED) is 0.417. The molecule has 9 nitrogen and oxygen atoms in total. The predicted molar refractivity (Wildman–Crippen MR) is 130 cm³/mol. The van der Waals surface area contributed by atoms with Crippen molar-refractivity contribution in [2.45, 2.75) is 11.3 Å². The van der Waals surface area contributed by atoms with E-state index in [9.17, 15) is 8.42 Å². The van der Waals surface area contributed by atoms with E-state index in [4.69, 9.17) is 16.3 Å². The van der Waals surface area contributed by atoms with Crippen molar-refractivity contribution >= 4 is 38.5 Å². The average Bonchev–Trinajstić information content (AvgIpc) is 3.30. The van der Waals surface area contributed by atoms with Crippen LogP contribution in [0.3, 0.4) is 0 Å². The van der Waals surface area contributed by atoms with Gasteiger partial charge in [0.15, 0.2) is 5.65 Å². The molecule has 0 unspecified atom stereocenters. The van der Waals surface area contributed by atoms with Crippen LogP contribution in [0.4, 0.5) is 5.82 Å². The molecule has 3 heterocycles. The smallest absolute Gasteiger partial charge is 0.243 e. The molecule has 1 fully saturated rings. The summed E-state index contributed by atoms with van der Waals surface area (Å²) < 4.78 is 34.0. The highest BCUT2D eigenvalue weighted by molar-refractivity contribution is 7.89. The largest absolute Gasteiger partial charge is 0.379 e. The van der Waals surface area contributed by atoms with E-state index in [1.165, 1.54) is 10.6 Å². The zero-order valence-electron chi connectivity index (χ0n) is 18.3. The summed E-state index contributed by atoms with van der Waals surface area (Å²) in [4.78, 5) is 9.05. The Kier molecular flexibility index (Phi) is 6.46. The summed E-state index contributed by atoms with van der Waals surface area (Å²) in [5, 5.41) is 9.21. The van der Waals surface area contributed by atoms with Crippen LogP contribution in [0.25, 0.3) is 16.7 Å². The van der Waals surface area contributed by atoms with Gasteiger partial charge in [-0.1, -0.05) is 29.8 Å². The van der Waals surface area contributed by atoms with Crippen LogP contribution in [0.15, 0.2) is 66.0 Å². The fourth-order valence-electron chi connectivity index (χ4n) is 3.87. The Morgan fingerprint density at radius 3 is 2.62 bits per heavy atom. The molecule has 0 aliphatic carbocycles. The lowest BCUT2D eigenvalue weighted by Crippen LogP contribution is -2.40. The van der Waals surface area contributed by atoms with E-state index in [1.807, 2.05) is 36.4 Å². The van der Waals surface area contributed by atoms with Gasteiger partial charge in [0, 0.05) is 24.7 Å². The second-order valence-electron chi connectivity index (χ2n) is 7.83. The number of sulfonamides is 1. The molecule has 176 valence electrons. The molecule has 2 aromatic heterocycles. The summed E-state index contributed by atoms with van der Waals surface area (Å²) in [5.41, 5.74) is 2.52. The third-order valence-corrected chi connectivity index (χ3v) is 7.80. The van der Waals surface area contributed by atoms with E-state index < -0.39 is 10.0 Å². The molecule has 0 spiro atoms. The van der Waals surface area contributed by atoms with Gasteiger partial charge in [-0.2, -0.15) is 9.40 Å². The third kappa shape index (κ3) is 4.62. The van der Waals surface area contributed by atoms with Crippen molar-refractivity contribution in [2.75, 3.05) is 38.2 Å². The molecule has 4 aromatic rings. The summed E-state index contributed by atoms with van der Waals surface area (Å²) in [6, 6.07) is 14.4. The number of halogens is 1. The van der Waals surface area contributed by atoms with Gasteiger partial charge in [0.05, 0.1) is 35.4 Å². The number of hydrogen-bond acceptors (Lipinski definition) is 7. The summed E-state index contributed by atoms with van der Waals surface area (Å²) >= 11 is 6.12.